The van der Waals surface area contributed by atoms with Crippen molar-refractivity contribution in [1.29, 1.82) is 0 Å². The molecule has 0 spiro atoms. The Labute approximate surface area is 136 Å². The van der Waals surface area contributed by atoms with Crippen LogP contribution in [0.1, 0.15) is 16.7 Å². The number of phenolic OH excluding ortho intramolecular Hbond substituents is 3. The molecule has 0 unspecified atom stereocenters. The normalized spacial score (nSPS) is 13.1. The summed E-state index contributed by atoms with van der Waals surface area (Å²) in [5.74, 6) is -8.33. The van der Waals surface area contributed by atoms with Gasteiger partial charge in [0.25, 0.3) is 30.4 Å². The minimum absolute atomic E-state index is 1.03. The van der Waals surface area contributed by atoms with Crippen LogP contribution in [0, 0.1) is 0 Å². The smallest absolute Gasteiger partial charge is 0.269 e. The zero-order chi connectivity index (χ0) is 19.1. The van der Waals surface area contributed by atoms with Gasteiger partial charge in [0.05, 0.1) is 16.7 Å². The van der Waals surface area contributed by atoms with E-state index in [1.54, 1.807) is 0 Å². The summed E-state index contributed by atoms with van der Waals surface area (Å²) < 4.78 is 91.9. The molecule has 0 amide bonds. The highest BCUT2D eigenvalue weighted by Gasteiger charge is 2.30. The molecule has 0 heterocycles. The van der Waals surface area contributed by atoms with Gasteiger partial charge in [0.1, 0.15) is 34.5 Å². The van der Waals surface area contributed by atoms with Crippen LogP contribution in [0.5, 0.6) is 17.2 Å². The van der Waals surface area contributed by atoms with Gasteiger partial charge in [0, 0.05) is 0 Å². The maximum Gasteiger partial charge on any atom is 0.269 e. The molecule has 1 aromatic carbocycles. The molecule has 12 nitrogen and oxygen atoms in total. The molecule has 15 heteroatoms. The fraction of sp³-hybridized carbons (Fsp3) is 0.333. The molecule has 0 atom stereocenters. The molecule has 0 fully saturated rings. The summed E-state index contributed by atoms with van der Waals surface area (Å²) in [6, 6.07) is 0. The lowest BCUT2D eigenvalue weighted by Crippen LogP contribution is -2.10. The van der Waals surface area contributed by atoms with E-state index in [0.717, 1.165) is 0 Å². The van der Waals surface area contributed by atoms with Crippen molar-refractivity contribution in [2.24, 2.45) is 0 Å². The Bertz CT molecular complexity index is 822. The fourth-order valence-electron chi connectivity index (χ4n) is 1.84. The van der Waals surface area contributed by atoms with Crippen LogP contribution in [0.25, 0.3) is 0 Å². The van der Waals surface area contributed by atoms with Gasteiger partial charge in [0.15, 0.2) is 0 Å². The van der Waals surface area contributed by atoms with Gasteiger partial charge in [-0.05, 0) is 0 Å². The van der Waals surface area contributed by atoms with Gasteiger partial charge in [-0.2, -0.15) is 25.3 Å². The standard InChI is InChI=1S/C9H12O12S3/c10-7-4(1-22(13,14)15)8(11)6(3-24(19,20)21)9(12)5(7)2-23(16,17)18/h10-12H,1-3H2,(H,13,14,15)(H,16,17,18)(H,19,20,21). The molecule has 0 aliphatic rings. The van der Waals surface area contributed by atoms with Crippen molar-refractivity contribution in [2.45, 2.75) is 17.3 Å². The lowest BCUT2D eigenvalue weighted by atomic mass is 10.0. The molecule has 0 aliphatic carbocycles. The largest absolute Gasteiger partial charge is 0.507 e. The number of hydrogen-bond acceptors (Lipinski definition) is 9. The molecule has 1 aromatic rings. The summed E-state index contributed by atoms with van der Waals surface area (Å²) in [6.07, 6.45) is 0. The van der Waals surface area contributed by atoms with Gasteiger partial charge in [-0.3, -0.25) is 13.7 Å². The third-order valence-electron chi connectivity index (χ3n) is 2.70. The van der Waals surface area contributed by atoms with Gasteiger partial charge in [0.2, 0.25) is 0 Å². The van der Waals surface area contributed by atoms with Crippen molar-refractivity contribution in [3.05, 3.63) is 16.7 Å². The van der Waals surface area contributed by atoms with Gasteiger partial charge in [-0.25, -0.2) is 0 Å². The van der Waals surface area contributed by atoms with E-state index in [1.165, 1.54) is 0 Å². The molecule has 1 rings (SSSR count). The summed E-state index contributed by atoms with van der Waals surface area (Å²) in [4.78, 5) is 0. The number of hydrogen-bond donors (Lipinski definition) is 6. The zero-order valence-electron chi connectivity index (χ0n) is 11.5. The average molecular weight is 408 g/mol. The summed E-state index contributed by atoms with van der Waals surface area (Å²) in [5, 5.41) is 29.5. The first-order valence-electron chi connectivity index (χ1n) is 5.65. The Morgan fingerprint density at radius 1 is 0.500 bits per heavy atom. The fourth-order valence-corrected chi connectivity index (χ4v) is 3.75. The van der Waals surface area contributed by atoms with E-state index < -0.39 is 81.6 Å². The third-order valence-corrected chi connectivity index (χ3v) is 4.66. The highest BCUT2D eigenvalue weighted by Crippen LogP contribution is 2.44. The van der Waals surface area contributed by atoms with Gasteiger partial charge in [-0.15, -0.1) is 0 Å². The van der Waals surface area contributed by atoms with Crippen LogP contribution in [0.15, 0.2) is 0 Å². The molecule has 0 radical (unpaired) electrons. The molecule has 0 aliphatic heterocycles. The SMILES string of the molecule is O=S(=O)(O)Cc1c(O)c(CS(=O)(=O)O)c(O)c(CS(=O)(=O)O)c1O. The lowest BCUT2D eigenvalue weighted by Gasteiger charge is -2.16. The van der Waals surface area contributed by atoms with Crippen molar-refractivity contribution in [2.75, 3.05) is 0 Å². The second kappa shape index (κ2) is 6.34. The van der Waals surface area contributed by atoms with E-state index in [1.807, 2.05) is 0 Å². The highest BCUT2D eigenvalue weighted by atomic mass is 32.2. The van der Waals surface area contributed by atoms with Crippen molar-refractivity contribution in [1.82, 2.24) is 0 Å². The first-order chi connectivity index (χ1) is 10.5. The molecule has 0 saturated carbocycles. The molecule has 24 heavy (non-hydrogen) atoms. The molecule has 0 bridgehead atoms. The lowest BCUT2D eigenvalue weighted by molar-refractivity contribution is 0.402. The highest BCUT2D eigenvalue weighted by molar-refractivity contribution is 7.85. The second-order valence-corrected chi connectivity index (χ2v) is 9.02. The van der Waals surface area contributed by atoms with Gasteiger partial charge < -0.3 is 15.3 Å². The topological polar surface area (TPSA) is 224 Å². The van der Waals surface area contributed by atoms with Crippen molar-refractivity contribution < 1.29 is 54.2 Å². The van der Waals surface area contributed by atoms with Gasteiger partial charge in [-0.1, -0.05) is 0 Å². The van der Waals surface area contributed by atoms with Crippen molar-refractivity contribution >= 4 is 30.4 Å². The van der Waals surface area contributed by atoms with E-state index in [4.69, 9.17) is 13.7 Å². The van der Waals surface area contributed by atoms with Crippen LogP contribution in [0.2, 0.25) is 0 Å². The minimum atomic E-state index is -4.88. The zero-order valence-corrected chi connectivity index (χ0v) is 13.9. The maximum atomic E-state index is 10.9. The molecule has 138 valence electrons. The van der Waals surface area contributed by atoms with Crippen LogP contribution >= 0.6 is 0 Å². The summed E-state index contributed by atoms with van der Waals surface area (Å²) in [7, 11) is -14.6. The third kappa shape index (κ3) is 5.46. The Balaban J connectivity index is 3.83. The summed E-state index contributed by atoms with van der Waals surface area (Å²) in [5.41, 5.74) is -3.10. The van der Waals surface area contributed by atoms with Crippen molar-refractivity contribution in [3.8, 4) is 17.2 Å². The number of aromatic hydroxyl groups is 3. The Kier molecular flexibility index (Phi) is 5.39. The first kappa shape index (κ1) is 20.4. The van der Waals surface area contributed by atoms with E-state index in [2.05, 4.69) is 0 Å². The monoisotopic (exact) mass is 408 g/mol. The predicted octanol–water partition coefficient (Wildman–Crippen LogP) is -1.03. The molecule has 6 N–H and O–H groups in total. The number of benzene rings is 1. The molecular formula is C9H12O12S3. The van der Waals surface area contributed by atoms with E-state index in [9.17, 15) is 40.6 Å². The van der Waals surface area contributed by atoms with Crippen LogP contribution < -0.4 is 0 Å². The van der Waals surface area contributed by atoms with E-state index >= 15 is 0 Å². The molecule has 0 aromatic heterocycles. The molecule has 0 saturated heterocycles. The average Bonchev–Trinajstić information content (AvgIpc) is 2.32. The Hall–Kier alpha value is -1.65. The molecular weight excluding hydrogens is 396 g/mol. The predicted molar refractivity (Wildman–Crippen MR) is 77.2 cm³/mol. The quantitative estimate of drug-likeness (QED) is 0.311. The number of phenols is 3. The Morgan fingerprint density at radius 3 is 0.792 bits per heavy atom. The minimum Gasteiger partial charge on any atom is -0.507 e. The first-order valence-corrected chi connectivity index (χ1v) is 10.5. The van der Waals surface area contributed by atoms with E-state index in [0.29, 0.717) is 0 Å². The van der Waals surface area contributed by atoms with Crippen LogP contribution in [0.3, 0.4) is 0 Å². The van der Waals surface area contributed by atoms with E-state index in [-0.39, 0.29) is 0 Å². The van der Waals surface area contributed by atoms with Crippen molar-refractivity contribution in [3.63, 3.8) is 0 Å². The summed E-state index contributed by atoms with van der Waals surface area (Å²) in [6.45, 7) is 0. The Morgan fingerprint density at radius 2 is 0.667 bits per heavy atom. The maximum absolute atomic E-state index is 10.9. The van der Waals surface area contributed by atoms with Crippen LogP contribution in [-0.2, 0) is 47.6 Å². The van der Waals surface area contributed by atoms with Crippen LogP contribution in [0.4, 0.5) is 0 Å². The van der Waals surface area contributed by atoms with Crippen LogP contribution in [-0.4, -0.2) is 54.2 Å². The van der Waals surface area contributed by atoms with Gasteiger partial charge >= 0.3 is 0 Å². The second-order valence-electron chi connectivity index (χ2n) is 4.66. The number of rotatable bonds is 6. The summed E-state index contributed by atoms with van der Waals surface area (Å²) >= 11 is 0.